The van der Waals surface area contributed by atoms with Gasteiger partial charge in [-0.15, -0.1) is 0 Å². The first-order valence-corrected chi connectivity index (χ1v) is 8.75. The van der Waals surface area contributed by atoms with Crippen molar-refractivity contribution in [2.75, 3.05) is 0 Å². The van der Waals surface area contributed by atoms with Crippen LogP contribution in [0.15, 0.2) is 52.3 Å². The van der Waals surface area contributed by atoms with Crippen LogP contribution in [0.5, 0.6) is 0 Å². The van der Waals surface area contributed by atoms with Crippen LogP contribution in [0.4, 0.5) is 0 Å². The lowest BCUT2D eigenvalue weighted by atomic mass is 10.2. The van der Waals surface area contributed by atoms with Gasteiger partial charge in [0.25, 0.3) is 0 Å². The van der Waals surface area contributed by atoms with Gasteiger partial charge in [-0.3, -0.25) is 20.4 Å². The van der Waals surface area contributed by atoms with Crippen molar-refractivity contribution in [2.24, 2.45) is 9.98 Å². The number of hydrogen-bond acceptors (Lipinski definition) is 6. The van der Waals surface area contributed by atoms with E-state index in [1.807, 2.05) is 44.4 Å². The van der Waals surface area contributed by atoms with Crippen molar-refractivity contribution in [1.82, 2.24) is 25.4 Å². The average molecular weight is 345 g/mol. The number of allylic oxidation sites excluding steroid dienone is 1. The molecule has 0 saturated heterocycles. The molecule has 4 heterocycles. The fourth-order valence-electron chi connectivity index (χ4n) is 3.47. The molecular formula is C19H19N7. The summed E-state index contributed by atoms with van der Waals surface area (Å²) in [6.45, 7) is 4.04. The Bertz CT molecular complexity index is 1110. The van der Waals surface area contributed by atoms with Gasteiger partial charge >= 0.3 is 0 Å². The molecule has 2 aliphatic rings. The van der Waals surface area contributed by atoms with E-state index in [-0.39, 0.29) is 6.17 Å². The van der Waals surface area contributed by atoms with Gasteiger partial charge in [0.05, 0.1) is 28.0 Å². The minimum Gasteiger partial charge on any atom is -0.342 e. The topological polar surface area (TPSA) is 81.6 Å². The molecule has 0 saturated carbocycles. The second kappa shape index (κ2) is 5.66. The smallest absolute Gasteiger partial charge is 0.179 e. The zero-order valence-corrected chi connectivity index (χ0v) is 14.7. The molecular weight excluding hydrogens is 326 g/mol. The van der Waals surface area contributed by atoms with Gasteiger partial charge in [0, 0.05) is 30.6 Å². The molecule has 1 atom stereocenters. The molecule has 5 rings (SSSR count). The van der Waals surface area contributed by atoms with Gasteiger partial charge in [-0.25, -0.2) is 9.98 Å². The molecule has 2 aliphatic heterocycles. The van der Waals surface area contributed by atoms with Crippen molar-refractivity contribution in [3.63, 3.8) is 0 Å². The standard InChI is InChI=1S/C19H19N7/c1-11-10-21-12(2)19-24-17(25-26(11)19)8-7-16-22-15-6-5-14-13(18(15)23-16)4-3-9-20-14/h3-6,9-10,19H,7-8H2,1-2H3,(H,22,23)(H,24,25). The quantitative estimate of drug-likeness (QED) is 0.765. The Balaban J connectivity index is 1.38. The molecule has 0 bridgehead atoms. The van der Waals surface area contributed by atoms with E-state index in [2.05, 4.69) is 31.5 Å². The molecule has 1 unspecified atom stereocenters. The van der Waals surface area contributed by atoms with Crippen molar-refractivity contribution in [2.45, 2.75) is 32.9 Å². The molecule has 2 aromatic heterocycles. The van der Waals surface area contributed by atoms with Gasteiger partial charge in [0.1, 0.15) is 11.7 Å². The molecule has 3 aromatic rings. The number of nitrogens with one attached hydrogen (secondary N) is 2. The van der Waals surface area contributed by atoms with E-state index in [9.17, 15) is 0 Å². The van der Waals surface area contributed by atoms with Crippen LogP contribution in [0.2, 0.25) is 0 Å². The molecule has 0 aliphatic carbocycles. The third-order valence-electron chi connectivity index (χ3n) is 4.86. The Morgan fingerprint density at radius 3 is 2.96 bits per heavy atom. The maximum Gasteiger partial charge on any atom is 0.179 e. The number of aryl methyl sites for hydroxylation is 1. The minimum absolute atomic E-state index is 0.0271. The van der Waals surface area contributed by atoms with Crippen LogP contribution >= 0.6 is 0 Å². The highest BCUT2D eigenvalue weighted by Crippen LogP contribution is 2.23. The van der Waals surface area contributed by atoms with Crippen LogP contribution in [0.1, 0.15) is 26.1 Å². The molecule has 7 heteroatoms. The number of aliphatic imine (C=N–C) groups is 2. The van der Waals surface area contributed by atoms with Crippen LogP contribution in [-0.4, -0.2) is 37.7 Å². The Morgan fingerprint density at radius 1 is 1.15 bits per heavy atom. The summed E-state index contributed by atoms with van der Waals surface area (Å²) in [6.07, 6.45) is 5.24. The van der Waals surface area contributed by atoms with Crippen LogP contribution in [0, 0.1) is 0 Å². The summed E-state index contributed by atoms with van der Waals surface area (Å²) in [7, 11) is 0. The summed E-state index contributed by atoms with van der Waals surface area (Å²) in [5.74, 6) is 1.93. The van der Waals surface area contributed by atoms with Crippen LogP contribution in [-0.2, 0) is 6.42 Å². The van der Waals surface area contributed by atoms with E-state index >= 15 is 0 Å². The number of aromatic amines is 1. The second-order valence-electron chi connectivity index (χ2n) is 6.69. The van der Waals surface area contributed by atoms with Gasteiger partial charge in [-0.2, -0.15) is 0 Å². The molecule has 0 radical (unpaired) electrons. The number of benzene rings is 1. The summed E-state index contributed by atoms with van der Waals surface area (Å²) in [5, 5.41) is 3.14. The number of H-pyrrole nitrogens is 1. The monoisotopic (exact) mass is 345 g/mol. The van der Waals surface area contributed by atoms with Crippen molar-refractivity contribution in [3.05, 3.63) is 48.2 Å². The van der Waals surface area contributed by atoms with Crippen LogP contribution < -0.4 is 5.43 Å². The van der Waals surface area contributed by atoms with E-state index in [0.717, 1.165) is 57.8 Å². The maximum atomic E-state index is 4.80. The highest BCUT2D eigenvalue weighted by atomic mass is 15.6. The number of imidazole rings is 1. The zero-order valence-electron chi connectivity index (χ0n) is 14.7. The van der Waals surface area contributed by atoms with Gasteiger partial charge in [-0.05, 0) is 38.1 Å². The van der Waals surface area contributed by atoms with Gasteiger partial charge in [-0.1, -0.05) is 0 Å². The normalized spacial score (nSPS) is 19.2. The number of amidine groups is 1. The van der Waals surface area contributed by atoms with E-state index < -0.39 is 0 Å². The molecule has 1 aromatic carbocycles. The number of aromatic nitrogens is 3. The number of hydrogen-bond donors (Lipinski definition) is 2. The Morgan fingerprint density at radius 2 is 2.08 bits per heavy atom. The molecule has 0 fully saturated rings. The van der Waals surface area contributed by atoms with Crippen LogP contribution in [0.3, 0.4) is 0 Å². The summed E-state index contributed by atoms with van der Waals surface area (Å²) in [4.78, 5) is 21.8. The van der Waals surface area contributed by atoms with Crippen molar-refractivity contribution in [1.29, 1.82) is 0 Å². The molecule has 2 N–H and O–H groups in total. The predicted molar refractivity (Wildman–Crippen MR) is 103 cm³/mol. The first-order chi connectivity index (χ1) is 12.7. The zero-order chi connectivity index (χ0) is 17.7. The van der Waals surface area contributed by atoms with Gasteiger partial charge in [0.2, 0.25) is 0 Å². The Kier molecular flexibility index (Phi) is 3.28. The predicted octanol–water partition coefficient (Wildman–Crippen LogP) is 2.92. The third kappa shape index (κ3) is 2.35. The first kappa shape index (κ1) is 15.1. The summed E-state index contributed by atoms with van der Waals surface area (Å²) in [5.41, 5.74) is 8.45. The number of hydrazine groups is 1. The Labute approximate surface area is 150 Å². The molecule has 7 nitrogen and oxygen atoms in total. The fraction of sp³-hybridized carbons (Fsp3) is 0.263. The third-order valence-corrected chi connectivity index (χ3v) is 4.86. The van der Waals surface area contributed by atoms with Gasteiger partial charge in [0.15, 0.2) is 6.17 Å². The highest BCUT2D eigenvalue weighted by Gasteiger charge is 2.30. The summed E-state index contributed by atoms with van der Waals surface area (Å²) < 4.78 is 0. The molecule has 0 spiro atoms. The fourth-order valence-corrected chi connectivity index (χ4v) is 3.47. The number of nitrogens with zero attached hydrogens (tertiary/aromatic N) is 5. The lowest BCUT2D eigenvalue weighted by Crippen LogP contribution is -2.43. The number of rotatable bonds is 3. The Hall–Kier alpha value is -3.22. The van der Waals surface area contributed by atoms with Gasteiger partial charge < -0.3 is 4.98 Å². The second-order valence-corrected chi connectivity index (χ2v) is 6.69. The summed E-state index contributed by atoms with van der Waals surface area (Å²) in [6, 6.07) is 8.08. The summed E-state index contributed by atoms with van der Waals surface area (Å²) >= 11 is 0. The van der Waals surface area contributed by atoms with Crippen molar-refractivity contribution in [3.8, 4) is 0 Å². The van der Waals surface area contributed by atoms with Crippen molar-refractivity contribution < 1.29 is 0 Å². The molecule has 0 amide bonds. The highest BCUT2D eigenvalue weighted by molar-refractivity contribution is 6.02. The number of fused-ring (bicyclic) bond motifs is 4. The average Bonchev–Trinajstić information content (AvgIpc) is 3.28. The van der Waals surface area contributed by atoms with Crippen LogP contribution in [0.25, 0.3) is 21.9 Å². The SMILES string of the molecule is CC1=CN=C(C)C2N=C(CCc3nc4c(ccc5ncccc54)[nH]3)NN12. The van der Waals surface area contributed by atoms with Crippen molar-refractivity contribution >= 4 is 33.5 Å². The van der Waals surface area contributed by atoms with E-state index in [4.69, 9.17) is 9.98 Å². The van der Waals surface area contributed by atoms with E-state index in [1.54, 1.807) is 0 Å². The maximum absolute atomic E-state index is 4.80. The lowest BCUT2D eigenvalue weighted by Gasteiger charge is -2.27. The first-order valence-electron chi connectivity index (χ1n) is 8.75. The molecule has 26 heavy (non-hydrogen) atoms. The largest absolute Gasteiger partial charge is 0.342 e. The lowest BCUT2D eigenvalue weighted by molar-refractivity contribution is 0.294. The number of pyridine rings is 1. The molecule has 130 valence electrons. The van der Waals surface area contributed by atoms with E-state index in [0.29, 0.717) is 0 Å². The minimum atomic E-state index is -0.0271. The van der Waals surface area contributed by atoms with E-state index in [1.165, 1.54) is 0 Å².